The van der Waals surface area contributed by atoms with Gasteiger partial charge < -0.3 is 10.3 Å². The lowest BCUT2D eigenvalue weighted by molar-refractivity contribution is 0.607. The molecule has 5 rings (SSSR count). The molecule has 1 aliphatic rings. The maximum Gasteiger partial charge on any atom is 0.159 e. The molecule has 0 aliphatic heterocycles. The molecule has 1 aliphatic carbocycles. The Morgan fingerprint density at radius 2 is 1.98 bits per heavy atom. The van der Waals surface area contributed by atoms with Crippen LogP contribution in [0.1, 0.15) is 39.5 Å². The summed E-state index contributed by atoms with van der Waals surface area (Å²) >= 11 is 1.59. The number of hydrogen-bond donors (Lipinski definition) is 3. The number of allylic oxidation sites excluding steroid dienone is 6. The van der Waals surface area contributed by atoms with Crippen molar-refractivity contribution in [3.63, 3.8) is 0 Å². The monoisotopic (exact) mass is 552 g/mol. The van der Waals surface area contributed by atoms with Gasteiger partial charge in [0.05, 0.1) is 21.8 Å². The quantitative estimate of drug-likeness (QED) is 0.199. The van der Waals surface area contributed by atoms with Crippen LogP contribution in [0.2, 0.25) is 0 Å². The molecule has 0 unspecified atom stereocenters. The SMILES string of the molecule is C=C/C(=C\C(=C/C)C(=C)/C(F)=c1/c(-c2nc3c(-c4ccsc4)nccc3[nH]2)n[nH]/c1=C/C)NC(=C)C1CCCC1. The third kappa shape index (κ3) is 5.27. The van der Waals surface area contributed by atoms with Gasteiger partial charge in [0.25, 0.3) is 0 Å². The van der Waals surface area contributed by atoms with Gasteiger partial charge in [0.2, 0.25) is 0 Å². The van der Waals surface area contributed by atoms with Crippen molar-refractivity contribution >= 4 is 34.3 Å². The van der Waals surface area contributed by atoms with Gasteiger partial charge in [-0.25, -0.2) is 9.37 Å². The standard InChI is InChI=1S/C32H33FN6S/c1-6-21(17-24(7-2)35-20(5)22-11-9-10-12-22)19(4)28(33)27-25(8-3)38-39-31(27)32-36-26-13-15-34-29(30(26)37-32)23-14-16-40-18-23/h6-8,13-18,22,35,38H,2,4-5,9-12H2,1,3H3,(H,36,37)/b21-6+,24-17+,25-8+,28-27-. The van der Waals surface area contributed by atoms with Crippen molar-refractivity contribution in [1.29, 1.82) is 0 Å². The van der Waals surface area contributed by atoms with Crippen molar-refractivity contribution < 1.29 is 4.39 Å². The normalized spacial score (nSPS) is 16.0. The molecular formula is C32H33FN6S. The lowest BCUT2D eigenvalue weighted by Gasteiger charge is -2.17. The number of imidazole rings is 1. The molecule has 0 aromatic carbocycles. The number of nitrogens with one attached hydrogen (secondary N) is 3. The molecule has 204 valence electrons. The first-order valence-corrected chi connectivity index (χ1v) is 14.3. The minimum atomic E-state index is -0.490. The molecule has 40 heavy (non-hydrogen) atoms. The van der Waals surface area contributed by atoms with Crippen LogP contribution >= 0.6 is 11.3 Å². The largest absolute Gasteiger partial charge is 0.359 e. The van der Waals surface area contributed by atoms with Crippen LogP contribution in [0, 0.1) is 5.92 Å². The highest BCUT2D eigenvalue weighted by molar-refractivity contribution is 7.08. The minimum absolute atomic E-state index is 0.234. The van der Waals surface area contributed by atoms with E-state index in [9.17, 15) is 0 Å². The summed E-state index contributed by atoms with van der Waals surface area (Å²) in [5, 5.41) is 15.7. The maximum atomic E-state index is 16.4. The summed E-state index contributed by atoms with van der Waals surface area (Å²) in [4.78, 5) is 12.7. The fourth-order valence-electron chi connectivity index (χ4n) is 5.11. The summed E-state index contributed by atoms with van der Waals surface area (Å²) in [6.07, 6.45) is 13.6. The zero-order valence-corrected chi connectivity index (χ0v) is 23.7. The summed E-state index contributed by atoms with van der Waals surface area (Å²) in [5.41, 5.74) is 6.19. The second-order valence-corrected chi connectivity index (χ2v) is 10.6. The second-order valence-electron chi connectivity index (χ2n) is 9.77. The zero-order chi connectivity index (χ0) is 28.2. The number of hydrogen-bond acceptors (Lipinski definition) is 5. The van der Waals surface area contributed by atoms with Gasteiger partial charge in [-0.15, -0.1) is 0 Å². The van der Waals surface area contributed by atoms with Crippen molar-refractivity contribution in [3.8, 4) is 22.8 Å². The van der Waals surface area contributed by atoms with Crippen LogP contribution in [0.3, 0.4) is 0 Å². The first-order valence-electron chi connectivity index (χ1n) is 13.4. The van der Waals surface area contributed by atoms with Gasteiger partial charge in [0.15, 0.2) is 5.82 Å². The molecule has 0 atom stereocenters. The lowest BCUT2D eigenvalue weighted by Crippen LogP contribution is -2.26. The first kappa shape index (κ1) is 27.3. The molecule has 4 aromatic rings. The fourth-order valence-corrected chi connectivity index (χ4v) is 5.75. The minimum Gasteiger partial charge on any atom is -0.359 e. The molecule has 4 heterocycles. The third-order valence-corrected chi connectivity index (χ3v) is 8.01. The molecule has 8 heteroatoms. The molecule has 6 nitrogen and oxygen atoms in total. The van der Waals surface area contributed by atoms with Crippen molar-refractivity contribution in [2.75, 3.05) is 0 Å². The second kappa shape index (κ2) is 11.8. The van der Waals surface area contributed by atoms with Gasteiger partial charge in [-0.05, 0) is 67.8 Å². The molecule has 0 saturated heterocycles. The van der Waals surface area contributed by atoms with Crippen molar-refractivity contribution in [1.82, 2.24) is 30.5 Å². The Morgan fingerprint density at radius 3 is 2.65 bits per heavy atom. The molecule has 1 fully saturated rings. The molecular weight excluding hydrogens is 519 g/mol. The summed E-state index contributed by atoms with van der Waals surface area (Å²) in [5.74, 6) is 0.399. The van der Waals surface area contributed by atoms with E-state index in [1.807, 2.05) is 48.9 Å². The first-order chi connectivity index (χ1) is 19.4. The van der Waals surface area contributed by atoms with E-state index in [0.717, 1.165) is 41.0 Å². The Kier molecular flexibility index (Phi) is 8.07. The number of rotatable bonds is 9. The summed E-state index contributed by atoms with van der Waals surface area (Å²) in [7, 11) is 0. The van der Waals surface area contributed by atoms with E-state index >= 15 is 4.39 Å². The molecule has 1 saturated carbocycles. The Balaban J connectivity index is 1.55. The fraction of sp³-hybridized carbons (Fsp3) is 0.219. The van der Waals surface area contributed by atoms with Crippen LogP contribution in [0.5, 0.6) is 0 Å². The van der Waals surface area contributed by atoms with E-state index in [2.05, 4.69) is 45.2 Å². The predicted octanol–water partition coefficient (Wildman–Crippen LogP) is 6.82. The van der Waals surface area contributed by atoms with Gasteiger partial charge in [0.1, 0.15) is 17.0 Å². The Hall–Kier alpha value is -4.30. The number of thiophene rings is 1. The van der Waals surface area contributed by atoms with Crippen LogP contribution in [0.4, 0.5) is 4.39 Å². The van der Waals surface area contributed by atoms with E-state index < -0.39 is 5.83 Å². The van der Waals surface area contributed by atoms with Crippen LogP contribution in [0.25, 0.3) is 45.7 Å². The van der Waals surface area contributed by atoms with E-state index in [1.54, 1.807) is 29.7 Å². The molecule has 4 aromatic heterocycles. The highest BCUT2D eigenvalue weighted by Crippen LogP contribution is 2.31. The molecule has 0 spiro atoms. The lowest BCUT2D eigenvalue weighted by atomic mass is 10.0. The van der Waals surface area contributed by atoms with Crippen molar-refractivity contribution in [3.05, 3.63) is 100 Å². The number of H-pyrrole nitrogens is 2. The summed E-state index contributed by atoms with van der Waals surface area (Å²) < 4.78 is 16.4. The van der Waals surface area contributed by atoms with Gasteiger partial charge in [0, 0.05) is 34.1 Å². The van der Waals surface area contributed by atoms with E-state index in [-0.39, 0.29) is 5.57 Å². The van der Waals surface area contributed by atoms with E-state index in [1.165, 1.54) is 12.8 Å². The van der Waals surface area contributed by atoms with Crippen LogP contribution in [-0.4, -0.2) is 25.1 Å². The summed E-state index contributed by atoms with van der Waals surface area (Å²) in [6, 6.07) is 3.86. The number of aromatic amines is 2. The molecule has 0 amide bonds. The van der Waals surface area contributed by atoms with Gasteiger partial charge in [-0.1, -0.05) is 44.7 Å². The Morgan fingerprint density at radius 1 is 1.18 bits per heavy atom. The third-order valence-electron chi connectivity index (χ3n) is 7.33. The average molecular weight is 553 g/mol. The number of aromatic nitrogens is 5. The van der Waals surface area contributed by atoms with Crippen LogP contribution in [0.15, 0.2) is 89.6 Å². The van der Waals surface area contributed by atoms with Crippen LogP contribution in [-0.2, 0) is 0 Å². The number of fused-ring (bicyclic) bond motifs is 1. The van der Waals surface area contributed by atoms with Crippen molar-refractivity contribution in [2.45, 2.75) is 39.5 Å². The highest BCUT2D eigenvalue weighted by atomic mass is 32.1. The smallest absolute Gasteiger partial charge is 0.159 e. The van der Waals surface area contributed by atoms with Gasteiger partial charge in [-0.3, -0.25) is 10.1 Å². The van der Waals surface area contributed by atoms with E-state index in [0.29, 0.717) is 39.1 Å². The van der Waals surface area contributed by atoms with Crippen molar-refractivity contribution in [2.24, 2.45) is 5.92 Å². The summed E-state index contributed by atoms with van der Waals surface area (Å²) in [6.45, 7) is 16.0. The van der Waals surface area contributed by atoms with Gasteiger partial charge >= 0.3 is 0 Å². The number of pyridine rings is 1. The Labute approximate surface area is 237 Å². The zero-order valence-electron chi connectivity index (χ0n) is 22.9. The highest BCUT2D eigenvalue weighted by Gasteiger charge is 2.20. The number of halogens is 1. The number of nitrogens with zero attached hydrogens (tertiary/aromatic N) is 3. The predicted molar refractivity (Wildman–Crippen MR) is 164 cm³/mol. The topological polar surface area (TPSA) is 82.3 Å². The molecule has 3 N–H and O–H groups in total. The van der Waals surface area contributed by atoms with Crippen LogP contribution < -0.4 is 15.9 Å². The Bertz CT molecular complexity index is 1760. The van der Waals surface area contributed by atoms with Gasteiger partial charge in [-0.2, -0.15) is 16.4 Å². The molecule has 0 bridgehead atoms. The van der Waals surface area contributed by atoms with E-state index in [4.69, 9.17) is 4.98 Å². The average Bonchev–Trinajstić information content (AvgIpc) is 3.79. The molecule has 0 radical (unpaired) electrons. The maximum absolute atomic E-state index is 16.4.